The Morgan fingerprint density at radius 2 is 1.78 bits per heavy atom. The van der Waals surface area contributed by atoms with Crippen LogP contribution in [0.2, 0.25) is 5.02 Å². The summed E-state index contributed by atoms with van der Waals surface area (Å²) in [5.74, 6) is 0.689. The molecule has 1 aliphatic carbocycles. The molecule has 2 aliphatic rings. The maximum absolute atomic E-state index is 6.21. The minimum absolute atomic E-state index is 0.260. The molecular formula is C17H26ClN5. The molecule has 1 heterocycles. The molecular weight excluding hydrogens is 310 g/mol. The van der Waals surface area contributed by atoms with E-state index in [0.29, 0.717) is 5.96 Å². The number of anilines is 1. The number of aliphatic imine (C=N–C) groups is 1. The van der Waals surface area contributed by atoms with Crippen LogP contribution in [0.3, 0.4) is 0 Å². The average molecular weight is 336 g/mol. The molecule has 0 radical (unpaired) electrons. The molecule has 1 saturated carbocycles. The number of likely N-dealkylation sites (N-methyl/N-ethyl adjacent to an activating group) is 1. The van der Waals surface area contributed by atoms with E-state index in [1.165, 1.54) is 18.5 Å². The molecule has 2 N–H and O–H groups in total. The van der Waals surface area contributed by atoms with Gasteiger partial charge in [-0.2, -0.15) is 0 Å². The van der Waals surface area contributed by atoms with Crippen molar-refractivity contribution >= 4 is 23.2 Å². The zero-order chi connectivity index (χ0) is 16.4. The minimum atomic E-state index is 0.260. The molecule has 3 rings (SSSR count). The molecule has 0 bridgehead atoms. The highest BCUT2D eigenvalue weighted by atomic mass is 35.5. The van der Waals surface area contributed by atoms with Gasteiger partial charge in [-0.3, -0.25) is 4.99 Å². The Hall–Kier alpha value is -1.46. The number of rotatable bonds is 4. The summed E-state index contributed by atoms with van der Waals surface area (Å²) in [5, 5.41) is 0.777. The van der Waals surface area contributed by atoms with Crippen LogP contribution in [0.5, 0.6) is 0 Å². The van der Waals surface area contributed by atoms with E-state index in [9.17, 15) is 0 Å². The fourth-order valence-electron chi connectivity index (χ4n) is 3.06. The Labute approximate surface area is 143 Å². The van der Waals surface area contributed by atoms with E-state index >= 15 is 0 Å². The van der Waals surface area contributed by atoms with Gasteiger partial charge in [-0.15, -0.1) is 0 Å². The second-order valence-electron chi connectivity index (χ2n) is 6.74. The number of hydrogen-bond acceptors (Lipinski definition) is 3. The molecule has 1 aromatic rings. The number of piperazine rings is 1. The summed E-state index contributed by atoms with van der Waals surface area (Å²) in [7, 11) is 4.26. The number of halogens is 1. The number of guanidine groups is 1. The lowest BCUT2D eigenvalue weighted by atomic mass is 10.2. The Kier molecular flexibility index (Phi) is 4.69. The number of benzene rings is 1. The van der Waals surface area contributed by atoms with Crippen molar-refractivity contribution in [3.05, 3.63) is 29.3 Å². The quantitative estimate of drug-likeness (QED) is 0.674. The van der Waals surface area contributed by atoms with Crippen LogP contribution in [-0.4, -0.2) is 68.1 Å². The lowest BCUT2D eigenvalue weighted by Crippen LogP contribution is -2.51. The van der Waals surface area contributed by atoms with Crippen molar-refractivity contribution in [2.75, 3.05) is 51.7 Å². The first kappa shape index (κ1) is 16.4. The molecule has 0 spiro atoms. The third kappa shape index (κ3) is 3.72. The van der Waals surface area contributed by atoms with E-state index in [4.69, 9.17) is 17.3 Å². The Balaban J connectivity index is 1.53. The van der Waals surface area contributed by atoms with Crippen molar-refractivity contribution in [3.63, 3.8) is 0 Å². The van der Waals surface area contributed by atoms with Gasteiger partial charge < -0.3 is 20.4 Å². The van der Waals surface area contributed by atoms with Gasteiger partial charge in [-0.25, -0.2) is 0 Å². The predicted molar refractivity (Wildman–Crippen MR) is 97.4 cm³/mol. The number of nitrogens with zero attached hydrogens (tertiary/aromatic N) is 4. The first-order valence-electron chi connectivity index (χ1n) is 8.23. The lowest BCUT2D eigenvalue weighted by molar-refractivity contribution is 0.277. The Morgan fingerprint density at radius 3 is 2.30 bits per heavy atom. The van der Waals surface area contributed by atoms with E-state index in [0.717, 1.165) is 37.7 Å². The van der Waals surface area contributed by atoms with Crippen LogP contribution < -0.4 is 10.6 Å². The molecule has 1 aliphatic heterocycles. The summed E-state index contributed by atoms with van der Waals surface area (Å²) in [5.41, 5.74) is 7.69. The van der Waals surface area contributed by atoms with Crippen molar-refractivity contribution in [2.24, 2.45) is 10.7 Å². The van der Waals surface area contributed by atoms with Gasteiger partial charge in [0.05, 0.1) is 6.54 Å². The molecule has 126 valence electrons. The molecule has 1 saturated heterocycles. The molecule has 5 nitrogen and oxygen atoms in total. The van der Waals surface area contributed by atoms with E-state index < -0.39 is 0 Å². The van der Waals surface area contributed by atoms with Gasteiger partial charge in [-0.1, -0.05) is 11.6 Å². The molecule has 1 aromatic carbocycles. The van der Waals surface area contributed by atoms with E-state index in [1.54, 1.807) is 0 Å². The van der Waals surface area contributed by atoms with E-state index in [-0.39, 0.29) is 5.54 Å². The van der Waals surface area contributed by atoms with Gasteiger partial charge in [0, 0.05) is 42.4 Å². The second kappa shape index (κ2) is 6.57. The first-order valence-corrected chi connectivity index (χ1v) is 8.61. The first-order chi connectivity index (χ1) is 11.0. The summed E-state index contributed by atoms with van der Waals surface area (Å²) in [6.07, 6.45) is 2.45. The topological polar surface area (TPSA) is 48.1 Å². The van der Waals surface area contributed by atoms with Gasteiger partial charge in [-0.05, 0) is 51.2 Å². The minimum Gasteiger partial charge on any atom is -0.370 e. The van der Waals surface area contributed by atoms with Gasteiger partial charge in [0.2, 0.25) is 0 Å². The predicted octanol–water partition coefficient (Wildman–Crippen LogP) is 1.87. The fraction of sp³-hybridized carbons (Fsp3) is 0.588. The van der Waals surface area contributed by atoms with Gasteiger partial charge in [0.25, 0.3) is 0 Å². The molecule has 2 fully saturated rings. The summed E-state index contributed by atoms with van der Waals surface area (Å²) in [6.45, 7) is 4.54. The maximum atomic E-state index is 6.21. The van der Waals surface area contributed by atoms with Crippen LogP contribution in [0.25, 0.3) is 0 Å². The zero-order valence-electron chi connectivity index (χ0n) is 14.0. The van der Waals surface area contributed by atoms with E-state index in [2.05, 4.69) is 45.9 Å². The lowest BCUT2D eigenvalue weighted by Gasteiger charge is -2.36. The van der Waals surface area contributed by atoms with E-state index in [1.807, 2.05) is 12.1 Å². The van der Waals surface area contributed by atoms with Crippen LogP contribution in [0.1, 0.15) is 12.8 Å². The number of nitrogens with two attached hydrogens (primary N) is 1. The molecule has 0 amide bonds. The van der Waals surface area contributed by atoms with Crippen LogP contribution in [0.4, 0.5) is 5.69 Å². The van der Waals surface area contributed by atoms with Crippen molar-refractivity contribution in [1.29, 1.82) is 0 Å². The highest BCUT2D eigenvalue weighted by Crippen LogP contribution is 2.40. The number of hydrogen-bond donors (Lipinski definition) is 1. The monoisotopic (exact) mass is 335 g/mol. The molecule has 0 atom stereocenters. The van der Waals surface area contributed by atoms with Crippen molar-refractivity contribution in [2.45, 2.75) is 18.4 Å². The largest absolute Gasteiger partial charge is 0.370 e. The highest BCUT2D eigenvalue weighted by Gasteiger charge is 2.44. The third-order valence-electron chi connectivity index (χ3n) is 5.11. The standard InChI is InChI=1S/C17H26ClN5/c1-21(2)17(7-8-17)13-20-16(19)23-11-9-22(10-12-23)15-5-3-14(18)4-6-15/h3-6H,7-13H2,1-2H3,(H2,19,20). The summed E-state index contributed by atoms with van der Waals surface area (Å²) in [4.78, 5) is 11.5. The average Bonchev–Trinajstić information content (AvgIpc) is 3.35. The van der Waals surface area contributed by atoms with Crippen LogP contribution >= 0.6 is 11.6 Å². The molecule has 0 aromatic heterocycles. The smallest absolute Gasteiger partial charge is 0.191 e. The highest BCUT2D eigenvalue weighted by molar-refractivity contribution is 6.30. The van der Waals surface area contributed by atoms with Crippen LogP contribution in [0, 0.1) is 0 Å². The SMILES string of the molecule is CN(C)C1(CN=C(N)N2CCN(c3ccc(Cl)cc3)CC2)CC1. The molecule has 23 heavy (non-hydrogen) atoms. The van der Waals surface area contributed by atoms with Crippen LogP contribution in [-0.2, 0) is 0 Å². The van der Waals surface area contributed by atoms with Crippen molar-refractivity contribution in [1.82, 2.24) is 9.80 Å². The third-order valence-corrected chi connectivity index (χ3v) is 5.36. The summed E-state index contributed by atoms with van der Waals surface area (Å²) >= 11 is 5.95. The summed E-state index contributed by atoms with van der Waals surface area (Å²) < 4.78 is 0. The molecule has 0 unspecified atom stereocenters. The Bertz CT molecular complexity index is 557. The van der Waals surface area contributed by atoms with Gasteiger partial charge in [0.15, 0.2) is 5.96 Å². The van der Waals surface area contributed by atoms with Crippen molar-refractivity contribution < 1.29 is 0 Å². The second-order valence-corrected chi connectivity index (χ2v) is 7.18. The fourth-order valence-corrected chi connectivity index (χ4v) is 3.19. The summed E-state index contributed by atoms with van der Waals surface area (Å²) in [6, 6.07) is 8.03. The van der Waals surface area contributed by atoms with Gasteiger partial charge in [0.1, 0.15) is 0 Å². The van der Waals surface area contributed by atoms with Crippen LogP contribution in [0.15, 0.2) is 29.3 Å². The molecule has 6 heteroatoms. The Morgan fingerprint density at radius 1 is 1.17 bits per heavy atom. The normalized spacial score (nSPS) is 21.0. The maximum Gasteiger partial charge on any atom is 0.191 e. The zero-order valence-corrected chi connectivity index (χ0v) is 14.8. The van der Waals surface area contributed by atoms with Crippen molar-refractivity contribution in [3.8, 4) is 0 Å². The van der Waals surface area contributed by atoms with Gasteiger partial charge >= 0.3 is 0 Å².